The molecule has 126 valence electrons. The van der Waals surface area contributed by atoms with Gasteiger partial charge in [0.2, 0.25) is 5.58 Å². The van der Waals surface area contributed by atoms with Gasteiger partial charge in [-0.3, -0.25) is 9.36 Å². The largest absolute Gasteiger partial charge is 0.491 e. The van der Waals surface area contributed by atoms with Gasteiger partial charge in [0, 0.05) is 10.9 Å². The van der Waals surface area contributed by atoms with Crippen molar-refractivity contribution in [3.63, 3.8) is 0 Å². The molecule has 0 unspecified atom stereocenters. The zero-order valence-electron chi connectivity index (χ0n) is 14.1. The second-order valence-corrected chi connectivity index (χ2v) is 6.23. The number of benzene rings is 2. The predicted molar refractivity (Wildman–Crippen MR) is 97.1 cm³/mol. The number of fused-ring (bicyclic) bond motifs is 3. The number of rotatable bonds is 4. The Morgan fingerprint density at radius 1 is 1.12 bits per heavy atom. The van der Waals surface area contributed by atoms with Gasteiger partial charge in [-0.05, 0) is 32.0 Å². The van der Waals surface area contributed by atoms with Crippen LogP contribution in [0.4, 0.5) is 0 Å². The van der Waals surface area contributed by atoms with Crippen molar-refractivity contribution in [2.75, 3.05) is 0 Å². The first-order valence-corrected chi connectivity index (χ1v) is 8.24. The molecule has 0 saturated heterocycles. The van der Waals surface area contributed by atoms with E-state index in [1.165, 1.54) is 0 Å². The molecule has 2 aromatic heterocycles. The Morgan fingerprint density at radius 2 is 1.88 bits per heavy atom. The lowest BCUT2D eigenvalue weighted by Gasteiger charge is -2.14. The third kappa shape index (κ3) is 2.78. The molecule has 0 bridgehead atoms. The van der Waals surface area contributed by atoms with Gasteiger partial charge in [0.15, 0.2) is 0 Å². The van der Waals surface area contributed by atoms with Crippen LogP contribution < -0.4 is 10.3 Å². The maximum Gasteiger partial charge on any atom is 0.297 e. The average molecular weight is 334 g/mol. The third-order valence-corrected chi connectivity index (χ3v) is 4.03. The zero-order chi connectivity index (χ0) is 17.4. The minimum absolute atomic E-state index is 0.0638. The Kier molecular flexibility index (Phi) is 3.76. The number of para-hydroxylation sites is 2. The minimum Gasteiger partial charge on any atom is -0.491 e. The van der Waals surface area contributed by atoms with Gasteiger partial charge >= 0.3 is 0 Å². The monoisotopic (exact) mass is 334 g/mol. The summed E-state index contributed by atoms with van der Waals surface area (Å²) in [5, 5.41) is 0.852. The van der Waals surface area contributed by atoms with E-state index in [1.807, 2.05) is 62.4 Å². The summed E-state index contributed by atoms with van der Waals surface area (Å²) in [5.74, 6) is 0.772. The molecule has 5 heteroatoms. The maximum absolute atomic E-state index is 12.8. The molecule has 4 aromatic rings. The number of nitrogens with zero attached hydrogens (tertiary/aromatic N) is 2. The lowest BCUT2D eigenvalue weighted by molar-refractivity contribution is 0.239. The smallest absolute Gasteiger partial charge is 0.297 e. The Balaban J connectivity index is 1.80. The summed E-state index contributed by atoms with van der Waals surface area (Å²) >= 11 is 0. The summed E-state index contributed by atoms with van der Waals surface area (Å²) in [6, 6.07) is 15.2. The number of aromatic nitrogens is 2. The first kappa shape index (κ1) is 15.4. The van der Waals surface area contributed by atoms with Crippen LogP contribution in [0.5, 0.6) is 5.75 Å². The molecule has 4 rings (SSSR count). The number of furan rings is 1. The second-order valence-electron chi connectivity index (χ2n) is 6.23. The molecule has 0 atom stereocenters. The molecule has 0 amide bonds. The van der Waals surface area contributed by atoms with E-state index in [-0.39, 0.29) is 17.2 Å². The zero-order valence-corrected chi connectivity index (χ0v) is 14.1. The Hall–Kier alpha value is -3.08. The van der Waals surface area contributed by atoms with E-state index in [9.17, 15) is 4.79 Å². The summed E-state index contributed by atoms with van der Waals surface area (Å²) in [6.45, 7) is 4.33. The SMILES string of the molecule is CC(C)Oc1ccccc1Cn1cnc2c(oc3ccccc32)c1=O. The van der Waals surface area contributed by atoms with Gasteiger partial charge < -0.3 is 9.15 Å². The van der Waals surface area contributed by atoms with E-state index in [1.54, 1.807) is 10.9 Å². The molecule has 2 heterocycles. The van der Waals surface area contributed by atoms with Crippen LogP contribution in [0.3, 0.4) is 0 Å². The molecule has 0 spiro atoms. The van der Waals surface area contributed by atoms with Gasteiger partial charge in [0.05, 0.1) is 19.0 Å². The molecule has 0 aliphatic heterocycles. The van der Waals surface area contributed by atoms with Crippen LogP contribution in [0, 0.1) is 0 Å². The molecule has 0 aliphatic carbocycles. The average Bonchev–Trinajstić information content (AvgIpc) is 2.98. The van der Waals surface area contributed by atoms with Crippen molar-refractivity contribution in [1.29, 1.82) is 0 Å². The third-order valence-electron chi connectivity index (χ3n) is 4.03. The lowest BCUT2D eigenvalue weighted by atomic mass is 10.2. The fraction of sp³-hybridized carbons (Fsp3) is 0.200. The van der Waals surface area contributed by atoms with Crippen molar-refractivity contribution in [2.24, 2.45) is 0 Å². The summed E-state index contributed by atoms with van der Waals surface area (Å²) in [5.41, 5.74) is 2.29. The van der Waals surface area contributed by atoms with Crippen molar-refractivity contribution >= 4 is 22.1 Å². The number of hydrogen-bond donors (Lipinski definition) is 0. The van der Waals surface area contributed by atoms with E-state index >= 15 is 0 Å². The first-order valence-electron chi connectivity index (χ1n) is 8.24. The van der Waals surface area contributed by atoms with E-state index in [2.05, 4.69) is 4.98 Å². The Morgan fingerprint density at radius 3 is 2.72 bits per heavy atom. The quantitative estimate of drug-likeness (QED) is 0.566. The van der Waals surface area contributed by atoms with E-state index in [0.717, 1.165) is 16.7 Å². The number of ether oxygens (including phenoxy) is 1. The van der Waals surface area contributed by atoms with Crippen molar-refractivity contribution in [3.05, 3.63) is 70.8 Å². The molecule has 0 N–H and O–H groups in total. The second kappa shape index (κ2) is 6.09. The lowest BCUT2D eigenvalue weighted by Crippen LogP contribution is -2.21. The molecule has 25 heavy (non-hydrogen) atoms. The molecule has 0 radical (unpaired) electrons. The van der Waals surface area contributed by atoms with Crippen LogP contribution >= 0.6 is 0 Å². The molecule has 0 saturated carbocycles. The van der Waals surface area contributed by atoms with Crippen LogP contribution in [-0.4, -0.2) is 15.7 Å². The fourth-order valence-electron chi connectivity index (χ4n) is 2.91. The van der Waals surface area contributed by atoms with Crippen LogP contribution in [0.1, 0.15) is 19.4 Å². The molecule has 2 aromatic carbocycles. The van der Waals surface area contributed by atoms with Crippen LogP contribution in [-0.2, 0) is 6.54 Å². The highest BCUT2D eigenvalue weighted by molar-refractivity contribution is 6.01. The van der Waals surface area contributed by atoms with Crippen LogP contribution in [0.15, 0.2) is 64.1 Å². The normalized spacial score (nSPS) is 11.5. The van der Waals surface area contributed by atoms with Gasteiger partial charge in [-0.2, -0.15) is 0 Å². The van der Waals surface area contributed by atoms with Crippen LogP contribution in [0.25, 0.3) is 22.1 Å². The van der Waals surface area contributed by atoms with E-state index in [0.29, 0.717) is 17.6 Å². The standard InChI is InChI=1S/C20H18N2O3/c1-13(2)24-16-9-5-3-7-14(16)11-22-12-21-18-15-8-4-6-10-17(15)25-19(18)20(22)23/h3-10,12-13H,11H2,1-2H3. The summed E-state index contributed by atoms with van der Waals surface area (Å²) in [6.07, 6.45) is 1.63. The van der Waals surface area contributed by atoms with Gasteiger partial charge in [0.25, 0.3) is 5.56 Å². The molecular formula is C20H18N2O3. The molecule has 0 fully saturated rings. The predicted octanol–water partition coefficient (Wildman–Crippen LogP) is 3.98. The number of hydrogen-bond acceptors (Lipinski definition) is 4. The van der Waals surface area contributed by atoms with Crippen LogP contribution in [0.2, 0.25) is 0 Å². The molecule has 5 nitrogen and oxygen atoms in total. The summed E-state index contributed by atoms with van der Waals surface area (Å²) < 4.78 is 13.1. The Bertz CT molecular complexity index is 1110. The minimum atomic E-state index is -0.194. The van der Waals surface area contributed by atoms with Crippen molar-refractivity contribution in [2.45, 2.75) is 26.5 Å². The fourth-order valence-corrected chi connectivity index (χ4v) is 2.91. The van der Waals surface area contributed by atoms with Crippen molar-refractivity contribution in [3.8, 4) is 5.75 Å². The van der Waals surface area contributed by atoms with Crippen molar-refractivity contribution in [1.82, 2.24) is 9.55 Å². The van der Waals surface area contributed by atoms with Crippen molar-refractivity contribution < 1.29 is 9.15 Å². The maximum atomic E-state index is 12.8. The van der Waals surface area contributed by atoms with Gasteiger partial charge in [0.1, 0.15) is 16.8 Å². The van der Waals surface area contributed by atoms with E-state index in [4.69, 9.17) is 9.15 Å². The molecule has 0 aliphatic rings. The Labute approximate surface area is 144 Å². The summed E-state index contributed by atoms with van der Waals surface area (Å²) in [4.78, 5) is 17.3. The molecular weight excluding hydrogens is 316 g/mol. The summed E-state index contributed by atoms with van der Waals surface area (Å²) in [7, 11) is 0. The highest BCUT2D eigenvalue weighted by Gasteiger charge is 2.14. The van der Waals surface area contributed by atoms with Gasteiger partial charge in [-0.25, -0.2) is 4.98 Å². The highest BCUT2D eigenvalue weighted by Crippen LogP contribution is 2.25. The van der Waals surface area contributed by atoms with Gasteiger partial charge in [-0.15, -0.1) is 0 Å². The van der Waals surface area contributed by atoms with E-state index < -0.39 is 0 Å². The first-order chi connectivity index (χ1) is 12.1. The topological polar surface area (TPSA) is 57.3 Å². The van der Waals surface area contributed by atoms with Gasteiger partial charge in [-0.1, -0.05) is 30.3 Å². The highest BCUT2D eigenvalue weighted by atomic mass is 16.5.